The van der Waals surface area contributed by atoms with Gasteiger partial charge in [-0.3, -0.25) is 0 Å². The zero-order chi connectivity index (χ0) is 16.2. The predicted octanol–water partition coefficient (Wildman–Crippen LogP) is 1.73. The smallest absolute Gasteiger partial charge is 0.152 e. The van der Waals surface area contributed by atoms with E-state index in [0.29, 0.717) is 6.42 Å². The second-order valence-corrected chi connectivity index (χ2v) is 8.08. The molecule has 1 aromatic heterocycles. The van der Waals surface area contributed by atoms with E-state index in [1.165, 1.54) is 0 Å². The third-order valence-electron chi connectivity index (χ3n) is 4.16. The van der Waals surface area contributed by atoms with Gasteiger partial charge in [-0.2, -0.15) is 0 Å². The molecule has 1 atom stereocenters. The molecule has 0 amide bonds. The van der Waals surface area contributed by atoms with Crippen LogP contribution in [0.4, 0.5) is 11.6 Å². The summed E-state index contributed by atoms with van der Waals surface area (Å²) >= 11 is 0. The van der Waals surface area contributed by atoms with Crippen molar-refractivity contribution in [3.63, 3.8) is 0 Å². The first-order valence-corrected chi connectivity index (χ1v) is 9.79. The molecule has 6 nitrogen and oxygen atoms in total. The summed E-state index contributed by atoms with van der Waals surface area (Å²) in [6.45, 7) is 5.90. The summed E-state index contributed by atoms with van der Waals surface area (Å²) in [7, 11) is -0.867. The van der Waals surface area contributed by atoms with Gasteiger partial charge >= 0.3 is 0 Å². The largest absolute Gasteiger partial charge is 0.360 e. The number of sulfone groups is 1. The van der Waals surface area contributed by atoms with Gasteiger partial charge in [-0.25, -0.2) is 18.4 Å². The van der Waals surface area contributed by atoms with E-state index in [-0.39, 0.29) is 17.5 Å². The van der Waals surface area contributed by atoms with Crippen LogP contribution in [0.25, 0.3) is 0 Å². The van der Waals surface area contributed by atoms with E-state index in [4.69, 9.17) is 0 Å². The number of nitrogens with zero attached hydrogens (tertiary/aromatic N) is 4. The number of hydrogen-bond acceptors (Lipinski definition) is 6. The Morgan fingerprint density at radius 3 is 2.59 bits per heavy atom. The zero-order valence-electron chi connectivity index (χ0n) is 13.7. The average molecular weight is 326 g/mol. The highest BCUT2D eigenvalue weighted by atomic mass is 32.2. The molecule has 1 fully saturated rings. The van der Waals surface area contributed by atoms with Crippen LogP contribution in [-0.4, -0.2) is 56.1 Å². The van der Waals surface area contributed by atoms with E-state index < -0.39 is 9.84 Å². The molecule has 7 heteroatoms. The molecule has 2 rings (SSSR count). The molecule has 124 valence electrons. The van der Waals surface area contributed by atoms with Crippen LogP contribution in [0.3, 0.4) is 0 Å². The minimum absolute atomic E-state index is 0.0266. The first-order valence-electron chi connectivity index (χ1n) is 7.97. The van der Waals surface area contributed by atoms with Crippen molar-refractivity contribution < 1.29 is 8.42 Å². The first-order chi connectivity index (χ1) is 10.5. The molecule has 1 aliphatic heterocycles. The highest BCUT2D eigenvalue weighted by Crippen LogP contribution is 2.24. The van der Waals surface area contributed by atoms with Crippen molar-refractivity contribution in [2.75, 3.05) is 41.4 Å². The minimum atomic E-state index is -2.89. The van der Waals surface area contributed by atoms with Crippen LogP contribution in [0, 0.1) is 0 Å². The Morgan fingerprint density at radius 2 is 2.00 bits per heavy atom. The molecule has 0 N–H and O–H groups in total. The van der Waals surface area contributed by atoms with Crippen molar-refractivity contribution >= 4 is 21.5 Å². The minimum Gasteiger partial charge on any atom is -0.360 e. The highest BCUT2D eigenvalue weighted by molar-refractivity contribution is 7.91. The number of rotatable bonds is 7. The van der Waals surface area contributed by atoms with Crippen LogP contribution >= 0.6 is 0 Å². The van der Waals surface area contributed by atoms with Gasteiger partial charge in [0.1, 0.15) is 18.0 Å². The molecule has 2 heterocycles. The van der Waals surface area contributed by atoms with Crippen molar-refractivity contribution in [2.24, 2.45) is 0 Å². The maximum absolute atomic E-state index is 11.7. The topological polar surface area (TPSA) is 66.4 Å². The molecule has 22 heavy (non-hydrogen) atoms. The predicted molar refractivity (Wildman–Crippen MR) is 90.3 cm³/mol. The van der Waals surface area contributed by atoms with E-state index >= 15 is 0 Å². The van der Waals surface area contributed by atoms with Gasteiger partial charge in [-0.05, 0) is 19.8 Å². The van der Waals surface area contributed by atoms with E-state index in [1.807, 2.05) is 20.0 Å². The summed E-state index contributed by atoms with van der Waals surface area (Å²) in [6, 6.07) is 1.99. The van der Waals surface area contributed by atoms with E-state index in [0.717, 1.165) is 37.6 Å². The summed E-state index contributed by atoms with van der Waals surface area (Å²) in [4.78, 5) is 12.9. The Morgan fingerprint density at radius 1 is 1.27 bits per heavy atom. The lowest BCUT2D eigenvalue weighted by atomic mass is 10.2. The average Bonchev–Trinajstić information content (AvgIpc) is 2.86. The third-order valence-corrected chi connectivity index (χ3v) is 5.91. The standard InChI is InChI=1S/C15H26N4O2S/c1-4-6-8-18(3)14-10-15(17-12-16-14)19(5-2)13-7-9-22(20,21)11-13/h10,12-13H,4-9,11H2,1-3H3. The van der Waals surface area contributed by atoms with Crippen molar-refractivity contribution in [3.05, 3.63) is 12.4 Å². The molecule has 0 radical (unpaired) electrons. The molecule has 0 spiro atoms. The summed E-state index contributed by atoms with van der Waals surface area (Å²) in [5.74, 6) is 2.21. The molecule has 0 saturated carbocycles. The Bertz CT molecular complexity index is 591. The van der Waals surface area contributed by atoms with Crippen LogP contribution in [0.15, 0.2) is 12.4 Å². The number of hydrogen-bond donors (Lipinski definition) is 0. The Kier molecular flexibility index (Phi) is 5.61. The van der Waals surface area contributed by atoms with Crippen LogP contribution in [0.5, 0.6) is 0 Å². The fraction of sp³-hybridized carbons (Fsp3) is 0.733. The molecule has 0 aromatic carbocycles. The van der Waals surface area contributed by atoms with Crippen molar-refractivity contribution in [2.45, 2.75) is 39.2 Å². The summed E-state index contributed by atoms with van der Waals surface area (Å²) < 4.78 is 23.4. The molecular weight excluding hydrogens is 300 g/mol. The van der Waals surface area contributed by atoms with Crippen LogP contribution in [0.1, 0.15) is 33.1 Å². The monoisotopic (exact) mass is 326 g/mol. The van der Waals surface area contributed by atoms with Gasteiger partial charge in [0.2, 0.25) is 0 Å². The van der Waals surface area contributed by atoms with Gasteiger partial charge in [-0.15, -0.1) is 0 Å². The molecule has 1 unspecified atom stereocenters. The fourth-order valence-electron chi connectivity index (χ4n) is 2.84. The van der Waals surface area contributed by atoms with E-state index in [2.05, 4.69) is 26.7 Å². The Hall–Kier alpha value is -1.37. The fourth-order valence-corrected chi connectivity index (χ4v) is 4.57. The number of anilines is 2. The zero-order valence-corrected chi connectivity index (χ0v) is 14.5. The maximum atomic E-state index is 11.7. The van der Waals surface area contributed by atoms with Crippen molar-refractivity contribution in [3.8, 4) is 0 Å². The first kappa shape index (κ1) is 17.0. The second kappa shape index (κ2) is 7.26. The van der Waals surface area contributed by atoms with Gasteiger partial charge in [0.15, 0.2) is 9.84 Å². The molecule has 1 aromatic rings. The van der Waals surface area contributed by atoms with E-state index in [1.54, 1.807) is 6.33 Å². The van der Waals surface area contributed by atoms with Crippen molar-refractivity contribution in [1.82, 2.24) is 9.97 Å². The highest BCUT2D eigenvalue weighted by Gasteiger charge is 2.32. The lowest BCUT2D eigenvalue weighted by molar-refractivity contribution is 0.599. The van der Waals surface area contributed by atoms with Gasteiger partial charge in [-0.1, -0.05) is 13.3 Å². The Balaban J connectivity index is 2.16. The summed E-state index contributed by atoms with van der Waals surface area (Å²) in [6.07, 6.45) is 4.51. The van der Waals surface area contributed by atoms with Crippen LogP contribution in [-0.2, 0) is 9.84 Å². The van der Waals surface area contributed by atoms with Gasteiger partial charge in [0, 0.05) is 32.2 Å². The van der Waals surface area contributed by atoms with Crippen LogP contribution < -0.4 is 9.80 Å². The Labute approximate surface area is 133 Å². The van der Waals surface area contributed by atoms with Crippen molar-refractivity contribution in [1.29, 1.82) is 0 Å². The maximum Gasteiger partial charge on any atom is 0.152 e. The van der Waals surface area contributed by atoms with Crippen LogP contribution in [0.2, 0.25) is 0 Å². The molecule has 0 aliphatic carbocycles. The molecule has 1 saturated heterocycles. The number of aromatic nitrogens is 2. The van der Waals surface area contributed by atoms with E-state index in [9.17, 15) is 8.42 Å². The van der Waals surface area contributed by atoms with Gasteiger partial charge < -0.3 is 9.80 Å². The van der Waals surface area contributed by atoms with Gasteiger partial charge in [0.25, 0.3) is 0 Å². The molecule has 1 aliphatic rings. The summed E-state index contributed by atoms with van der Waals surface area (Å²) in [5, 5.41) is 0. The molecule has 0 bridgehead atoms. The number of unbranched alkanes of at least 4 members (excludes halogenated alkanes) is 1. The third kappa shape index (κ3) is 4.09. The lowest BCUT2D eigenvalue weighted by Crippen LogP contribution is -2.37. The van der Waals surface area contributed by atoms with Gasteiger partial charge in [0.05, 0.1) is 11.5 Å². The summed E-state index contributed by atoms with van der Waals surface area (Å²) in [5.41, 5.74) is 0. The second-order valence-electron chi connectivity index (χ2n) is 5.85. The quantitative estimate of drug-likeness (QED) is 0.760. The SMILES string of the molecule is CCCCN(C)c1cc(N(CC)C2CCS(=O)(=O)C2)ncn1. The lowest BCUT2D eigenvalue weighted by Gasteiger charge is -2.28. The normalized spacial score (nSPS) is 20.0. The molecular formula is C15H26N4O2S.